The zero-order valence-corrected chi connectivity index (χ0v) is 18.5. The standard InChI is InChI=1S/C25H30N2O2S/c1-2-3-4-5-9-23(28)26-21-13-10-19(11-14-21)25-27(24(29)17-30-25)22-15-12-18-7-6-8-20(18)16-22/h10-16,25H,2-9,17H2,1H3,(H,26,28)/t25-/m1/s1. The molecule has 0 aromatic heterocycles. The Morgan fingerprint density at radius 2 is 1.87 bits per heavy atom. The Morgan fingerprint density at radius 1 is 1.07 bits per heavy atom. The molecular weight excluding hydrogens is 392 g/mol. The fourth-order valence-electron chi connectivity index (χ4n) is 4.32. The minimum absolute atomic E-state index is 0.0178. The number of carbonyl (C=O) groups is 2. The van der Waals surface area contributed by atoms with E-state index in [1.165, 1.54) is 30.4 Å². The van der Waals surface area contributed by atoms with Crippen LogP contribution >= 0.6 is 11.8 Å². The lowest BCUT2D eigenvalue weighted by Crippen LogP contribution is -2.27. The Balaban J connectivity index is 1.43. The molecule has 0 spiro atoms. The van der Waals surface area contributed by atoms with Gasteiger partial charge < -0.3 is 5.32 Å². The first-order valence-electron chi connectivity index (χ1n) is 11.1. The second-order valence-electron chi connectivity index (χ2n) is 8.21. The molecule has 1 fully saturated rings. The van der Waals surface area contributed by atoms with E-state index < -0.39 is 0 Å². The number of nitrogens with one attached hydrogen (secondary N) is 1. The summed E-state index contributed by atoms with van der Waals surface area (Å²) in [6.45, 7) is 2.17. The van der Waals surface area contributed by atoms with Crippen molar-refractivity contribution in [3.05, 3.63) is 59.2 Å². The molecule has 2 aliphatic rings. The maximum atomic E-state index is 12.7. The molecule has 4 nitrogen and oxygen atoms in total. The van der Waals surface area contributed by atoms with Gasteiger partial charge in [-0.1, -0.05) is 44.4 Å². The third kappa shape index (κ3) is 4.72. The SMILES string of the molecule is CCCCCCC(=O)Nc1ccc([C@H]2SCC(=O)N2c2ccc3c(c2)CCC3)cc1. The summed E-state index contributed by atoms with van der Waals surface area (Å²) >= 11 is 1.66. The Kier molecular flexibility index (Phi) is 6.78. The van der Waals surface area contributed by atoms with Gasteiger partial charge in [0.05, 0.1) is 5.75 Å². The summed E-state index contributed by atoms with van der Waals surface area (Å²) in [5.41, 5.74) is 5.71. The number of nitrogens with zero attached hydrogens (tertiary/aromatic N) is 1. The molecule has 5 heteroatoms. The minimum atomic E-state index is -0.0178. The quantitative estimate of drug-likeness (QED) is 0.542. The maximum Gasteiger partial charge on any atom is 0.238 e. The van der Waals surface area contributed by atoms with Crippen LogP contribution in [0, 0.1) is 0 Å². The topological polar surface area (TPSA) is 49.4 Å². The number of rotatable bonds is 8. The number of thioether (sulfide) groups is 1. The van der Waals surface area contributed by atoms with Crippen LogP contribution < -0.4 is 10.2 Å². The Hall–Kier alpha value is -2.27. The van der Waals surface area contributed by atoms with Gasteiger partial charge in [0.15, 0.2) is 0 Å². The summed E-state index contributed by atoms with van der Waals surface area (Å²) in [5.74, 6) is 0.731. The lowest BCUT2D eigenvalue weighted by molar-refractivity contribution is -0.116. The van der Waals surface area contributed by atoms with Crippen molar-refractivity contribution in [2.75, 3.05) is 16.0 Å². The number of hydrogen-bond acceptors (Lipinski definition) is 3. The number of hydrogen-bond donors (Lipinski definition) is 1. The first kappa shape index (κ1) is 21.0. The molecule has 1 atom stereocenters. The zero-order valence-electron chi connectivity index (χ0n) is 17.7. The predicted octanol–water partition coefficient (Wildman–Crippen LogP) is 5.86. The Bertz CT molecular complexity index is 910. The van der Waals surface area contributed by atoms with E-state index >= 15 is 0 Å². The molecule has 0 bridgehead atoms. The fraction of sp³-hybridized carbons (Fsp3) is 0.440. The van der Waals surface area contributed by atoms with Crippen molar-refractivity contribution in [3.8, 4) is 0 Å². The van der Waals surface area contributed by atoms with Crippen LogP contribution in [0.25, 0.3) is 0 Å². The highest BCUT2D eigenvalue weighted by Crippen LogP contribution is 2.42. The number of carbonyl (C=O) groups excluding carboxylic acids is 2. The van der Waals surface area contributed by atoms with E-state index in [1.54, 1.807) is 11.8 Å². The molecule has 2 aromatic carbocycles. The van der Waals surface area contributed by atoms with E-state index in [-0.39, 0.29) is 17.2 Å². The molecule has 1 saturated heterocycles. The molecule has 158 valence electrons. The highest BCUT2D eigenvalue weighted by Gasteiger charge is 2.34. The van der Waals surface area contributed by atoms with Gasteiger partial charge in [-0.25, -0.2) is 0 Å². The van der Waals surface area contributed by atoms with Gasteiger partial charge in [-0.15, -0.1) is 11.8 Å². The highest BCUT2D eigenvalue weighted by atomic mass is 32.2. The maximum absolute atomic E-state index is 12.7. The first-order valence-corrected chi connectivity index (χ1v) is 12.2. The van der Waals surface area contributed by atoms with Gasteiger partial charge >= 0.3 is 0 Å². The number of aryl methyl sites for hydroxylation is 2. The van der Waals surface area contributed by atoms with Gasteiger partial charge in [0.1, 0.15) is 5.37 Å². The number of amides is 2. The van der Waals surface area contributed by atoms with E-state index in [1.807, 2.05) is 29.2 Å². The first-order chi connectivity index (χ1) is 14.7. The number of fused-ring (bicyclic) bond motifs is 1. The van der Waals surface area contributed by atoms with Gasteiger partial charge in [-0.2, -0.15) is 0 Å². The summed E-state index contributed by atoms with van der Waals surface area (Å²) in [7, 11) is 0. The van der Waals surface area contributed by atoms with Crippen LogP contribution in [-0.4, -0.2) is 17.6 Å². The van der Waals surface area contributed by atoms with Crippen molar-refractivity contribution >= 4 is 35.0 Å². The van der Waals surface area contributed by atoms with Gasteiger partial charge in [0, 0.05) is 17.8 Å². The van der Waals surface area contributed by atoms with E-state index in [0.29, 0.717) is 12.2 Å². The molecule has 1 aliphatic heterocycles. The summed E-state index contributed by atoms with van der Waals surface area (Å²) in [6, 6.07) is 14.4. The molecule has 0 saturated carbocycles. The largest absolute Gasteiger partial charge is 0.326 e. The Morgan fingerprint density at radius 3 is 2.67 bits per heavy atom. The molecule has 2 amide bonds. The monoisotopic (exact) mass is 422 g/mol. The molecule has 0 radical (unpaired) electrons. The van der Waals surface area contributed by atoms with Crippen LogP contribution in [0.5, 0.6) is 0 Å². The lowest BCUT2D eigenvalue weighted by atomic mass is 10.1. The summed E-state index contributed by atoms with van der Waals surface area (Å²) in [6.07, 6.45) is 8.43. The molecule has 1 N–H and O–H groups in total. The van der Waals surface area contributed by atoms with Gasteiger partial charge in [0.25, 0.3) is 0 Å². The molecule has 30 heavy (non-hydrogen) atoms. The zero-order chi connectivity index (χ0) is 20.9. The van der Waals surface area contributed by atoms with Gasteiger partial charge in [0.2, 0.25) is 11.8 Å². The van der Waals surface area contributed by atoms with Crippen molar-refractivity contribution in [1.29, 1.82) is 0 Å². The summed E-state index contributed by atoms with van der Waals surface area (Å²) in [4.78, 5) is 26.7. The summed E-state index contributed by atoms with van der Waals surface area (Å²) in [5, 5.41) is 2.97. The molecule has 2 aromatic rings. The van der Waals surface area contributed by atoms with Crippen molar-refractivity contribution in [2.45, 2.75) is 63.7 Å². The van der Waals surface area contributed by atoms with Crippen LogP contribution in [0.1, 0.15) is 67.5 Å². The van der Waals surface area contributed by atoms with Gasteiger partial charge in [-0.3, -0.25) is 14.5 Å². The predicted molar refractivity (Wildman–Crippen MR) is 125 cm³/mol. The third-order valence-electron chi connectivity index (χ3n) is 5.97. The highest BCUT2D eigenvalue weighted by molar-refractivity contribution is 8.00. The van der Waals surface area contributed by atoms with Crippen LogP contribution in [0.3, 0.4) is 0 Å². The minimum Gasteiger partial charge on any atom is -0.326 e. The molecule has 1 aliphatic carbocycles. The van der Waals surface area contributed by atoms with Crippen LogP contribution in [-0.2, 0) is 22.4 Å². The second-order valence-corrected chi connectivity index (χ2v) is 9.28. The van der Waals surface area contributed by atoms with Crippen molar-refractivity contribution in [3.63, 3.8) is 0 Å². The summed E-state index contributed by atoms with van der Waals surface area (Å²) < 4.78 is 0. The van der Waals surface area contributed by atoms with Crippen LogP contribution in [0.4, 0.5) is 11.4 Å². The van der Waals surface area contributed by atoms with Crippen LogP contribution in [0.15, 0.2) is 42.5 Å². The normalized spacial score (nSPS) is 18.0. The third-order valence-corrected chi connectivity index (χ3v) is 7.18. The number of benzene rings is 2. The average Bonchev–Trinajstić information content (AvgIpc) is 3.37. The number of unbranched alkanes of at least 4 members (excludes halogenated alkanes) is 3. The molecular formula is C25H30N2O2S. The van der Waals surface area contributed by atoms with Crippen molar-refractivity contribution in [1.82, 2.24) is 0 Å². The fourth-order valence-corrected chi connectivity index (χ4v) is 5.50. The Labute approximate surface area is 183 Å². The van der Waals surface area contributed by atoms with E-state index in [4.69, 9.17) is 0 Å². The second kappa shape index (κ2) is 9.69. The van der Waals surface area contributed by atoms with E-state index in [0.717, 1.165) is 42.6 Å². The van der Waals surface area contributed by atoms with Crippen LogP contribution in [0.2, 0.25) is 0 Å². The van der Waals surface area contributed by atoms with Gasteiger partial charge in [-0.05, 0) is 66.6 Å². The number of anilines is 2. The van der Waals surface area contributed by atoms with Crippen molar-refractivity contribution in [2.24, 2.45) is 0 Å². The smallest absolute Gasteiger partial charge is 0.238 e. The van der Waals surface area contributed by atoms with E-state index in [9.17, 15) is 9.59 Å². The van der Waals surface area contributed by atoms with E-state index in [2.05, 4.69) is 30.4 Å². The lowest BCUT2D eigenvalue weighted by Gasteiger charge is -2.25. The van der Waals surface area contributed by atoms with Crippen molar-refractivity contribution < 1.29 is 9.59 Å². The molecule has 0 unspecified atom stereocenters. The molecule has 4 rings (SSSR count). The average molecular weight is 423 g/mol. The molecule has 1 heterocycles.